The number of rotatable bonds is 4. The largest absolute Gasteiger partial charge is 0.393 e. The number of aromatic nitrogens is 3. The zero-order chi connectivity index (χ0) is 12.3. The van der Waals surface area contributed by atoms with Crippen molar-refractivity contribution < 1.29 is 5.11 Å². The average Bonchev–Trinajstić information content (AvgIpc) is 2.68. The predicted octanol–water partition coefficient (Wildman–Crippen LogP) is 0.891. The summed E-state index contributed by atoms with van der Waals surface area (Å²) in [5.41, 5.74) is 0. The Kier molecular flexibility index (Phi) is 4.12. The first-order chi connectivity index (χ1) is 8.15. The second-order valence-electron chi connectivity index (χ2n) is 5.26. The van der Waals surface area contributed by atoms with Gasteiger partial charge in [0, 0.05) is 19.6 Å². The minimum atomic E-state index is -0.111. The molecule has 2 heterocycles. The van der Waals surface area contributed by atoms with Crippen molar-refractivity contribution in [3.63, 3.8) is 0 Å². The molecule has 1 aromatic heterocycles. The van der Waals surface area contributed by atoms with Crippen LogP contribution in [0.15, 0.2) is 6.33 Å². The lowest BCUT2D eigenvalue weighted by atomic mass is 10.1. The molecule has 1 saturated heterocycles. The molecule has 0 aliphatic carbocycles. The van der Waals surface area contributed by atoms with Crippen molar-refractivity contribution in [3.05, 3.63) is 12.2 Å². The molecule has 0 bridgehead atoms. The molecule has 1 aliphatic rings. The number of likely N-dealkylation sites (tertiary alicyclic amines) is 1. The Morgan fingerprint density at radius 2 is 2.12 bits per heavy atom. The van der Waals surface area contributed by atoms with Crippen LogP contribution < -0.4 is 0 Å². The van der Waals surface area contributed by atoms with Crippen molar-refractivity contribution >= 4 is 0 Å². The molecule has 5 heteroatoms. The molecule has 0 spiro atoms. The van der Waals surface area contributed by atoms with Crippen LogP contribution in [0, 0.1) is 5.92 Å². The van der Waals surface area contributed by atoms with Crippen LogP contribution >= 0.6 is 0 Å². The third-order valence-corrected chi connectivity index (χ3v) is 3.16. The summed E-state index contributed by atoms with van der Waals surface area (Å²) >= 11 is 0. The van der Waals surface area contributed by atoms with E-state index in [2.05, 4.69) is 28.8 Å². The summed E-state index contributed by atoms with van der Waals surface area (Å²) < 4.78 is 2.00. The van der Waals surface area contributed by atoms with Gasteiger partial charge in [-0.05, 0) is 18.8 Å². The van der Waals surface area contributed by atoms with Gasteiger partial charge in [-0.2, -0.15) is 5.10 Å². The van der Waals surface area contributed by atoms with Crippen LogP contribution in [0.25, 0.3) is 0 Å². The van der Waals surface area contributed by atoms with E-state index in [9.17, 15) is 5.11 Å². The van der Waals surface area contributed by atoms with E-state index in [-0.39, 0.29) is 6.10 Å². The van der Waals surface area contributed by atoms with E-state index in [4.69, 9.17) is 0 Å². The molecule has 0 amide bonds. The lowest BCUT2D eigenvalue weighted by molar-refractivity contribution is 0.0772. The SMILES string of the molecule is CC(C)Cn1ncnc1CN1CCC(O)CC1. The lowest BCUT2D eigenvalue weighted by Gasteiger charge is -2.29. The maximum Gasteiger partial charge on any atom is 0.141 e. The summed E-state index contributed by atoms with van der Waals surface area (Å²) in [6.07, 6.45) is 3.27. The van der Waals surface area contributed by atoms with Crippen LogP contribution in [0.5, 0.6) is 0 Å². The quantitative estimate of drug-likeness (QED) is 0.846. The van der Waals surface area contributed by atoms with E-state index in [0.29, 0.717) is 5.92 Å². The molecule has 0 unspecified atom stereocenters. The third-order valence-electron chi connectivity index (χ3n) is 3.16. The van der Waals surface area contributed by atoms with Gasteiger partial charge in [0.05, 0.1) is 12.6 Å². The Morgan fingerprint density at radius 3 is 2.76 bits per heavy atom. The molecule has 1 fully saturated rings. The zero-order valence-corrected chi connectivity index (χ0v) is 10.7. The highest BCUT2D eigenvalue weighted by molar-refractivity contribution is 4.86. The first-order valence-electron chi connectivity index (χ1n) is 6.42. The fraction of sp³-hybridized carbons (Fsp3) is 0.833. The minimum absolute atomic E-state index is 0.111. The van der Waals surface area contributed by atoms with E-state index in [1.165, 1.54) is 0 Å². The van der Waals surface area contributed by atoms with Gasteiger partial charge in [0.25, 0.3) is 0 Å². The van der Waals surface area contributed by atoms with Gasteiger partial charge >= 0.3 is 0 Å². The highest BCUT2D eigenvalue weighted by Gasteiger charge is 2.18. The maximum atomic E-state index is 9.47. The van der Waals surface area contributed by atoms with Crippen molar-refractivity contribution in [2.24, 2.45) is 5.92 Å². The Bertz CT molecular complexity index is 342. The Labute approximate surface area is 102 Å². The van der Waals surface area contributed by atoms with Crippen LogP contribution in [0.2, 0.25) is 0 Å². The van der Waals surface area contributed by atoms with Crippen molar-refractivity contribution in [3.8, 4) is 0 Å². The zero-order valence-electron chi connectivity index (χ0n) is 10.7. The molecule has 5 nitrogen and oxygen atoms in total. The van der Waals surface area contributed by atoms with E-state index >= 15 is 0 Å². The van der Waals surface area contributed by atoms with Crippen LogP contribution in [0.3, 0.4) is 0 Å². The van der Waals surface area contributed by atoms with Gasteiger partial charge in [0.1, 0.15) is 12.2 Å². The summed E-state index contributed by atoms with van der Waals surface area (Å²) in [7, 11) is 0. The average molecular weight is 238 g/mol. The second-order valence-corrected chi connectivity index (χ2v) is 5.26. The van der Waals surface area contributed by atoms with E-state index in [1.807, 2.05) is 4.68 Å². The number of piperidine rings is 1. The summed E-state index contributed by atoms with van der Waals surface area (Å²) in [6, 6.07) is 0. The smallest absolute Gasteiger partial charge is 0.141 e. The predicted molar refractivity (Wildman–Crippen MR) is 65.4 cm³/mol. The van der Waals surface area contributed by atoms with Crippen molar-refractivity contribution in [1.82, 2.24) is 19.7 Å². The molecular formula is C12H22N4O. The summed E-state index contributed by atoms with van der Waals surface area (Å²) in [6.45, 7) is 8.04. The highest BCUT2D eigenvalue weighted by atomic mass is 16.3. The molecule has 0 aromatic carbocycles. The van der Waals surface area contributed by atoms with Gasteiger partial charge in [0.15, 0.2) is 0 Å². The highest BCUT2D eigenvalue weighted by Crippen LogP contribution is 2.12. The van der Waals surface area contributed by atoms with E-state index < -0.39 is 0 Å². The van der Waals surface area contributed by atoms with Crippen LogP contribution in [0.1, 0.15) is 32.5 Å². The van der Waals surface area contributed by atoms with Gasteiger partial charge in [-0.15, -0.1) is 0 Å². The maximum absolute atomic E-state index is 9.47. The molecule has 0 saturated carbocycles. The van der Waals surface area contributed by atoms with Crippen LogP contribution in [-0.4, -0.2) is 44.0 Å². The standard InChI is InChI=1S/C12H22N4O/c1-10(2)7-16-12(13-9-14-16)8-15-5-3-11(17)4-6-15/h9-11,17H,3-8H2,1-2H3. The second kappa shape index (κ2) is 5.60. The molecule has 1 aliphatic heterocycles. The van der Waals surface area contributed by atoms with Gasteiger partial charge in [-0.3, -0.25) is 4.90 Å². The van der Waals surface area contributed by atoms with Gasteiger partial charge in [-0.1, -0.05) is 13.8 Å². The van der Waals surface area contributed by atoms with E-state index in [1.54, 1.807) is 6.33 Å². The van der Waals surface area contributed by atoms with Gasteiger partial charge < -0.3 is 5.11 Å². The summed E-state index contributed by atoms with van der Waals surface area (Å²) in [5, 5.41) is 13.7. The lowest BCUT2D eigenvalue weighted by Crippen LogP contribution is -2.36. The molecule has 2 rings (SSSR count). The van der Waals surface area contributed by atoms with Gasteiger partial charge in [-0.25, -0.2) is 9.67 Å². The number of nitrogens with zero attached hydrogens (tertiary/aromatic N) is 4. The van der Waals surface area contributed by atoms with Crippen molar-refractivity contribution in [1.29, 1.82) is 0 Å². The Balaban J connectivity index is 1.92. The Morgan fingerprint density at radius 1 is 1.41 bits per heavy atom. The molecule has 17 heavy (non-hydrogen) atoms. The van der Waals surface area contributed by atoms with Crippen molar-refractivity contribution in [2.45, 2.75) is 45.9 Å². The van der Waals surface area contributed by atoms with Crippen molar-refractivity contribution in [2.75, 3.05) is 13.1 Å². The number of hydrogen-bond donors (Lipinski definition) is 1. The number of aliphatic hydroxyl groups is 1. The normalized spacial score (nSPS) is 19.1. The summed E-state index contributed by atoms with van der Waals surface area (Å²) in [4.78, 5) is 6.67. The number of hydrogen-bond acceptors (Lipinski definition) is 4. The summed E-state index contributed by atoms with van der Waals surface area (Å²) in [5.74, 6) is 1.62. The molecule has 0 radical (unpaired) electrons. The topological polar surface area (TPSA) is 54.2 Å². The van der Waals surface area contributed by atoms with Crippen LogP contribution in [0.4, 0.5) is 0 Å². The fourth-order valence-electron chi connectivity index (χ4n) is 2.19. The third kappa shape index (κ3) is 3.51. The monoisotopic (exact) mass is 238 g/mol. The molecular weight excluding hydrogens is 216 g/mol. The minimum Gasteiger partial charge on any atom is -0.393 e. The van der Waals surface area contributed by atoms with Crippen LogP contribution in [-0.2, 0) is 13.1 Å². The van der Waals surface area contributed by atoms with E-state index in [0.717, 1.165) is 44.8 Å². The molecule has 1 N–H and O–H groups in total. The Hall–Kier alpha value is -0.940. The first kappa shape index (κ1) is 12.5. The van der Waals surface area contributed by atoms with Gasteiger partial charge in [0.2, 0.25) is 0 Å². The fourth-order valence-corrected chi connectivity index (χ4v) is 2.19. The molecule has 0 atom stereocenters. The molecule has 1 aromatic rings. The first-order valence-corrected chi connectivity index (χ1v) is 6.42. The molecule has 96 valence electrons. The number of aliphatic hydroxyl groups excluding tert-OH is 1.